The summed E-state index contributed by atoms with van der Waals surface area (Å²) in [6.07, 6.45) is 0.567. The quantitative estimate of drug-likeness (QED) is 0.549. The third-order valence-corrected chi connectivity index (χ3v) is 5.31. The van der Waals surface area contributed by atoms with E-state index in [1.165, 1.54) is 11.8 Å². The van der Waals surface area contributed by atoms with Crippen LogP contribution in [0.4, 0.5) is 5.69 Å². The molecule has 7 nitrogen and oxygen atoms in total. The third-order valence-electron chi connectivity index (χ3n) is 4.07. The van der Waals surface area contributed by atoms with E-state index in [9.17, 15) is 9.59 Å². The van der Waals surface area contributed by atoms with Crippen molar-refractivity contribution in [3.63, 3.8) is 0 Å². The molecule has 1 unspecified atom stereocenters. The van der Waals surface area contributed by atoms with Crippen LogP contribution in [0.2, 0.25) is 0 Å². The molecule has 1 amide bonds. The van der Waals surface area contributed by atoms with Crippen LogP contribution in [0.25, 0.3) is 11.3 Å². The van der Waals surface area contributed by atoms with Gasteiger partial charge in [0.05, 0.1) is 11.9 Å². The van der Waals surface area contributed by atoms with E-state index < -0.39 is 5.25 Å². The van der Waals surface area contributed by atoms with Crippen LogP contribution in [-0.4, -0.2) is 32.9 Å². The molecule has 2 aromatic carbocycles. The number of carbonyl (C=O) groups is 1. The Hall–Kier alpha value is -3.13. The number of aromatic nitrogens is 3. The highest BCUT2D eigenvalue weighted by Crippen LogP contribution is 2.24. The van der Waals surface area contributed by atoms with Gasteiger partial charge in [-0.2, -0.15) is 0 Å². The molecule has 1 heterocycles. The molecule has 0 bridgehead atoms. The number of H-pyrrole nitrogens is 1. The highest BCUT2D eigenvalue weighted by Gasteiger charge is 2.20. The first kappa shape index (κ1) is 20.6. The van der Waals surface area contributed by atoms with Gasteiger partial charge in [-0.05, 0) is 37.6 Å². The Kier molecular flexibility index (Phi) is 7.02. The van der Waals surface area contributed by atoms with Crippen LogP contribution in [0.1, 0.15) is 20.3 Å². The number of thioether (sulfide) groups is 1. The largest absolute Gasteiger partial charge is 0.494 e. The number of hydrogen-bond acceptors (Lipinski definition) is 6. The third kappa shape index (κ3) is 5.45. The van der Waals surface area contributed by atoms with E-state index in [-0.39, 0.29) is 17.2 Å². The summed E-state index contributed by atoms with van der Waals surface area (Å²) in [7, 11) is 0. The monoisotopic (exact) mass is 410 g/mol. The standard InChI is InChI=1S/C21H22N4O3S/c1-3-17(19(26)22-15-10-12-16(13-11-15)28-4-2)29-21-23-20(27)18(24-25-21)14-8-6-5-7-9-14/h5-13,17H,3-4H2,1-2H3,(H,22,26)(H,23,25,27). The molecule has 1 atom stereocenters. The van der Waals surface area contributed by atoms with Gasteiger partial charge in [-0.15, -0.1) is 10.2 Å². The second-order valence-corrected chi connectivity index (χ2v) is 7.33. The summed E-state index contributed by atoms with van der Waals surface area (Å²) >= 11 is 1.18. The Balaban J connectivity index is 1.68. The molecule has 8 heteroatoms. The predicted molar refractivity (Wildman–Crippen MR) is 114 cm³/mol. The average molecular weight is 410 g/mol. The Labute approximate surface area is 172 Å². The first-order valence-corrected chi connectivity index (χ1v) is 10.2. The van der Waals surface area contributed by atoms with Crippen LogP contribution >= 0.6 is 11.8 Å². The lowest BCUT2D eigenvalue weighted by molar-refractivity contribution is -0.115. The van der Waals surface area contributed by atoms with Crippen molar-refractivity contribution < 1.29 is 9.53 Å². The molecule has 29 heavy (non-hydrogen) atoms. The molecule has 0 saturated carbocycles. The van der Waals surface area contributed by atoms with Crippen molar-refractivity contribution in [1.82, 2.24) is 15.2 Å². The topological polar surface area (TPSA) is 97.0 Å². The fourth-order valence-corrected chi connectivity index (χ4v) is 3.48. The number of amides is 1. The Morgan fingerprint density at radius 2 is 1.83 bits per heavy atom. The number of aromatic amines is 1. The van der Waals surface area contributed by atoms with Crippen LogP contribution in [0.3, 0.4) is 0 Å². The number of anilines is 1. The molecule has 150 valence electrons. The first-order valence-electron chi connectivity index (χ1n) is 9.33. The number of carbonyl (C=O) groups excluding carboxylic acids is 1. The number of nitrogens with zero attached hydrogens (tertiary/aromatic N) is 2. The minimum Gasteiger partial charge on any atom is -0.494 e. The van der Waals surface area contributed by atoms with Crippen molar-refractivity contribution in [3.8, 4) is 17.0 Å². The fraction of sp³-hybridized carbons (Fsp3) is 0.238. The predicted octanol–water partition coefficient (Wildman–Crippen LogP) is 3.74. The zero-order chi connectivity index (χ0) is 20.6. The lowest BCUT2D eigenvalue weighted by atomic mass is 10.2. The number of hydrogen-bond donors (Lipinski definition) is 2. The summed E-state index contributed by atoms with van der Waals surface area (Å²) in [5, 5.41) is 10.9. The maximum atomic E-state index is 12.6. The van der Waals surface area contributed by atoms with Gasteiger partial charge < -0.3 is 10.1 Å². The molecule has 0 radical (unpaired) electrons. The van der Waals surface area contributed by atoms with Gasteiger partial charge in [-0.3, -0.25) is 14.6 Å². The van der Waals surface area contributed by atoms with Crippen molar-refractivity contribution >= 4 is 23.4 Å². The Bertz CT molecular complexity index is 1010. The minimum absolute atomic E-state index is 0.170. The molecule has 0 spiro atoms. The minimum atomic E-state index is -0.422. The number of rotatable bonds is 8. The summed E-state index contributed by atoms with van der Waals surface area (Å²) in [5.41, 5.74) is 1.28. The Morgan fingerprint density at radius 3 is 2.45 bits per heavy atom. The summed E-state index contributed by atoms with van der Waals surface area (Å²) in [6.45, 7) is 4.40. The summed E-state index contributed by atoms with van der Waals surface area (Å²) in [5.74, 6) is 0.578. The van der Waals surface area contributed by atoms with Crippen molar-refractivity contribution in [1.29, 1.82) is 0 Å². The SMILES string of the molecule is CCOc1ccc(NC(=O)C(CC)Sc2nnc(-c3ccccc3)c(=O)[nH]2)cc1. The molecular formula is C21H22N4O3S. The van der Waals surface area contributed by atoms with Gasteiger partial charge in [0.15, 0.2) is 10.9 Å². The molecule has 2 N–H and O–H groups in total. The molecule has 0 fully saturated rings. The van der Waals surface area contributed by atoms with Gasteiger partial charge in [-0.1, -0.05) is 49.0 Å². The zero-order valence-corrected chi connectivity index (χ0v) is 17.0. The van der Waals surface area contributed by atoms with E-state index in [1.807, 2.05) is 32.0 Å². The molecule has 1 aromatic heterocycles. The van der Waals surface area contributed by atoms with E-state index in [2.05, 4.69) is 20.5 Å². The summed E-state index contributed by atoms with van der Waals surface area (Å²) in [4.78, 5) is 27.7. The van der Waals surface area contributed by atoms with Gasteiger partial charge in [0.1, 0.15) is 5.75 Å². The smallest absolute Gasteiger partial charge is 0.278 e. The number of nitrogens with one attached hydrogen (secondary N) is 2. The van der Waals surface area contributed by atoms with Gasteiger partial charge in [0, 0.05) is 11.3 Å². The second-order valence-electron chi connectivity index (χ2n) is 6.14. The van der Waals surface area contributed by atoms with E-state index in [0.717, 1.165) is 5.75 Å². The fourth-order valence-electron chi connectivity index (χ4n) is 2.64. The average Bonchev–Trinajstić information content (AvgIpc) is 2.74. The van der Waals surface area contributed by atoms with E-state index in [1.54, 1.807) is 36.4 Å². The van der Waals surface area contributed by atoms with Crippen molar-refractivity contribution in [3.05, 3.63) is 65.0 Å². The Morgan fingerprint density at radius 1 is 1.10 bits per heavy atom. The summed E-state index contributed by atoms with van der Waals surface area (Å²) < 4.78 is 5.40. The van der Waals surface area contributed by atoms with Crippen molar-refractivity contribution in [2.75, 3.05) is 11.9 Å². The molecular weight excluding hydrogens is 388 g/mol. The zero-order valence-electron chi connectivity index (χ0n) is 16.2. The maximum absolute atomic E-state index is 12.6. The number of ether oxygens (including phenoxy) is 1. The van der Waals surface area contributed by atoms with Crippen LogP contribution in [0, 0.1) is 0 Å². The molecule has 0 aliphatic heterocycles. The lowest BCUT2D eigenvalue weighted by Crippen LogP contribution is -2.25. The van der Waals surface area contributed by atoms with Crippen LogP contribution in [-0.2, 0) is 4.79 Å². The van der Waals surface area contributed by atoms with E-state index in [0.29, 0.717) is 29.4 Å². The van der Waals surface area contributed by atoms with Crippen LogP contribution < -0.4 is 15.6 Å². The first-order chi connectivity index (χ1) is 14.1. The van der Waals surface area contributed by atoms with Crippen LogP contribution in [0.15, 0.2) is 64.5 Å². The highest BCUT2D eigenvalue weighted by molar-refractivity contribution is 8.00. The maximum Gasteiger partial charge on any atom is 0.278 e. The normalized spacial score (nSPS) is 11.7. The second kappa shape index (κ2) is 9.88. The summed E-state index contributed by atoms with van der Waals surface area (Å²) in [6, 6.07) is 16.3. The van der Waals surface area contributed by atoms with Crippen molar-refractivity contribution in [2.24, 2.45) is 0 Å². The lowest BCUT2D eigenvalue weighted by Gasteiger charge is -2.14. The molecule has 3 aromatic rings. The van der Waals surface area contributed by atoms with E-state index >= 15 is 0 Å². The van der Waals surface area contributed by atoms with E-state index in [4.69, 9.17) is 4.74 Å². The van der Waals surface area contributed by atoms with Gasteiger partial charge in [-0.25, -0.2) is 0 Å². The molecule has 0 aliphatic rings. The molecule has 0 aliphatic carbocycles. The van der Waals surface area contributed by atoms with Crippen LogP contribution in [0.5, 0.6) is 5.75 Å². The van der Waals surface area contributed by atoms with Crippen molar-refractivity contribution in [2.45, 2.75) is 30.7 Å². The van der Waals surface area contributed by atoms with Gasteiger partial charge in [0.25, 0.3) is 5.56 Å². The number of benzene rings is 2. The molecule has 0 saturated heterocycles. The van der Waals surface area contributed by atoms with Gasteiger partial charge >= 0.3 is 0 Å². The highest BCUT2D eigenvalue weighted by atomic mass is 32.2. The molecule has 3 rings (SSSR count). The van der Waals surface area contributed by atoms with Gasteiger partial charge in [0.2, 0.25) is 5.91 Å².